The van der Waals surface area contributed by atoms with Gasteiger partial charge in [-0.05, 0) is 93.6 Å². The van der Waals surface area contributed by atoms with Crippen LogP contribution in [0.25, 0.3) is 0 Å². The predicted molar refractivity (Wildman–Crippen MR) is 225 cm³/mol. The first-order valence-corrected chi connectivity index (χ1v) is 26.0. The zero-order valence-corrected chi connectivity index (χ0v) is 34.3. The second kappa shape index (κ2) is 24.9. The van der Waals surface area contributed by atoms with Crippen molar-refractivity contribution in [1.82, 2.24) is 0 Å². The van der Waals surface area contributed by atoms with Gasteiger partial charge in [0, 0.05) is 0 Å². The molecule has 0 bridgehead atoms. The molecule has 0 saturated carbocycles. The molecule has 0 aromatic heterocycles. The van der Waals surface area contributed by atoms with Crippen LogP contribution in [-0.4, -0.2) is 18.5 Å². The van der Waals surface area contributed by atoms with Gasteiger partial charge in [-0.25, -0.2) is 0 Å². The van der Waals surface area contributed by atoms with Gasteiger partial charge in [-0.1, -0.05) is 109 Å². The van der Waals surface area contributed by atoms with E-state index < -0.39 is 23.8 Å². The van der Waals surface area contributed by atoms with E-state index in [1.807, 2.05) is 0 Å². The normalized spacial score (nSPS) is 10.3. The quantitative estimate of drug-likeness (QED) is 0.101. The molecular formula is C42H48Cl2P3Ru+3. The van der Waals surface area contributed by atoms with E-state index in [2.05, 4.69) is 203 Å². The summed E-state index contributed by atoms with van der Waals surface area (Å²) in [5, 5.41) is 9.06. The van der Waals surface area contributed by atoms with Gasteiger partial charge in [0.25, 0.3) is 0 Å². The Bertz CT molecular complexity index is 1300. The monoisotopic (exact) mass is 817 g/mol. The first kappa shape index (κ1) is 40.2. The van der Waals surface area contributed by atoms with Gasteiger partial charge in [0.15, 0.2) is 0 Å². The Labute approximate surface area is 309 Å². The number of hydrogen-bond donors (Lipinski definition) is 0. The molecular weight excluding hydrogens is 769 g/mol. The summed E-state index contributed by atoms with van der Waals surface area (Å²) in [6.07, 6.45) is 3.75. The van der Waals surface area contributed by atoms with Crippen LogP contribution >= 0.6 is 43.1 Å². The Hall–Kier alpha value is -2.19. The van der Waals surface area contributed by atoms with E-state index in [0.717, 1.165) is 0 Å². The molecule has 0 radical (unpaired) electrons. The van der Waals surface area contributed by atoms with Gasteiger partial charge in [-0.15, -0.1) is 0 Å². The van der Waals surface area contributed by atoms with E-state index in [1.54, 1.807) is 0 Å². The van der Waals surface area contributed by atoms with Crippen LogP contribution in [0.3, 0.4) is 0 Å². The molecule has 0 nitrogen and oxygen atoms in total. The fourth-order valence-electron chi connectivity index (χ4n) is 5.56. The molecule has 0 saturated heterocycles. The van der Waals surface area contributed by atoms with Gasteiger partial charge in [0.2, 0.25) is 0 Å². The van der Waals surface area contributed by atoms with Crippen LogP contribution in [0.2, 0.25) is 0 Å². The molecule has 0 fully saturated rings. The van der Waals surface area contributed by atoms with Crippen LogP contribution in [0.15, 0.2) is 182 Å². The van der Waals surface area contributed by atoms with Crippen LogP contribution < -0.4 is 31.8 Å². The fraction of sp³-hybridized carbons (Fsp3) is 0.143. The van der Waals surface area contributed by atoms with Crippen molar-refractivity contribution in [2.24, 2.45) is 0 Å². The second-order valence-corrected chi connectivity index (χ2v) is 21.8. The van der Waals surface area contributed by atoms with Crippen molar-refractivity contribution < 1.29 is 15.1 Å². The molecule has 0 spiro atoms. The summed E-state index contributed by atoms with van der Waals surface area (Å²) in [5.41, 5.74) is 0. The number of benzene rings is 6. The third-order valence-electron chi connectivity index (χ3n) is 7.79. The molecule has 0 amide bonds. The predicted octanol–water partition coefficient (Wildman–Crippen LogP) is 9.99. The van der Waals surface area contributed by atoms with Gasteiger partial charge in [0.1, 0.15) is 0 Å². The number of rotatable bonds is 9. The van der Waals surface area contributed by atoms with Gasteiger partial charge in [-0.2, -0.15) is 0 Å². The van der Waals surface area contributed by atoms with E-state index in [4.69, 9.17) is 19.4 Å². The minimum atomic E-state index is -0.539. The van der Waals surface area contributed by atoms with E-state index in [0.29, 0.717) is 0 Å². The zero-order valence-electron chi connectivity index (χ0n) is 28.1. The topological polar surface area (TPSA) is 0 Å². The van der Waals surface area contributed by atoms with Crippen molar-refractivity contribution in [3.8, 4) is 0 Å². The molecule has 0 aliphatic heterocycles. The number of halogens is 2. The third kappa shape index (κ3) is 14.0. The van der Waals surface area contributed by atoms with Crippen molar-refractivity contribution in [3.63, 3.8) is 0 Å². The maximum absolute atomic E-state index is 4.85. The van der Waals surface area contributed by atoms with Gasteiger partial charge in [0.05, 0.1) is 74.1 Å². The summed E-state index contributed by atoms with van der Waals surface area (Å²) in [6.45, 7) is 6.86. The molecule has 6 aromatic carbocycles. The Morgan fingerprint density at radius 3 is 0.542 bits per heavy atom. The van der Waals surface area contributed by atoms with E-state index in [-0.39, 0.29) is 15.1 Å². The van der Waals surface area contributed by atoms with Crippen LogP contribution in [0, 0.1) is 0 Å². The molecule has 0 aliphatic carbocycles. The summed E-state index contributed by atoms with van der Waals surface area (Å²) in [7, 11) is 8.09. The van der Waals surface area contributed by atoms with Crippen molar-refractivity contribution >= 4 is 75.0 Å². The molecule has 48 heavy (non-hydrogen) atoms. The van der Waals surface area contributed by atoms with E-state index in [1.165, 1.54) is 50.3 Å². The van der Waals surface area contributed by atoms with Crippen molar-refractivity contribution in [1.29, 1.82) is 0 Å². The van der Waals surface area contributed by atoms with Crippen molar-refractivity contribution in [2.75, 3.05) is 18.5 Å². The van der Waals surface area contributed by atoms with Crippen LogP contribution in [0.4, 0.5) is 0 Å². The summed E-state index contributed by atoms with van der Waals surface area (Å²) in [6, 6.07) is 65.2. The first-order valence-electron chi connectivity index (χ1n) is 16.4. The first-order chi connectivity index (χ1) is 23.7. The molecule has 6 rings (SSSR count). The molecule has 0 aliphatic rings. The summed E-state index contributed by atoms with van der Waals surface area (Å²) in [4.78, 5) is 0. The second-order valence-electron chi connectivity index (χ2n) is 10.7. The SMILES string of the molecule is CC[PH+](c1ccccc1)c1ccccc1.CC[PH+](c1ccccc1)c1ccccc1.CC[PH+](c1ccccc1)c1ccccc1.[Cl][Ru][Cl]. The molecule has 0 N–H and O–H groups in total. The standard InChI is InChI=1S/3C14H15P.2ClH.Ru/c3*1-2-15(13-9-5-3-6-10-13)14-11-7-4-8-12-14;;;/h3*3-12H,2H2,1H3;2*1H;/q;;;;;+2/p+1. The maximum atomic E-state index is 4.85. The van der Waals surface area contributed by atoms with Gasteiger partial charge >= 0.3 is 34.5 Å². The van der Waals surface area contributed by atoms with E-state index in [9.17, 15) is 0 Å². The third-order valence-corrected chi connectivity index (χ3v) is 16.1. The average molecular weight is 818 g/mol. The molecule has 0 heterocycles. The summed E-state index contributed by atoms with van der Waals surface area (Å²) in [5.74, 6) is 0. The molecule has 6 aromatic rings. The molecule has 6 heteroatoms. The molecule has 250 valence electrons. The average Bonchev–Trinajstić information content (AvgIpc) is 3.16. The fourth-order valence-corrected chi connectivity index (χ4v) is 12.6. The zero-order chi connectivity index (χ0) is 34.2. The molecule has 0 atom stereocenters. The summed E-state index contributed by atoms with van der Waals surface area (Å²) < 4.78 is 0. The Morgan fingerprint density at radius 2 is 0.438 bits per heavy atom. The van der Waals surface area contributed by atoms with Gasteiger partial charge in [-0.3, -0.25) is 0 Å². The van der Waals surface area contributed by atoms with Crippen molar-refractivity contribution in [3.05, 3.63) is 182 Å². The number of hydrogen-bond acceptors (Lipinski definition) is 0. The Balaban J connectivity index is 0.000000187. The Morgan fingerprint density at radius 1 is 0.312 bits per heavy atom. The van der Waals surface area contributed by atoms with E-state index >= 15 is 0 Å². The molecule has 0 unspecified atom stereocenters. The minimum absolute atomic E-state index is 0.346. The van der Waals surface area contributed by atoms with Crippen LogP contribution in [0.5, 0.6) is 0 Å². The van der Waals surface area contributed by atoms with Crippen LogP contribution in [0.1, 0.15) is 20.8 Å². The van der Waals surface area contributed by atoms with Crippen LogP contribution in [-0.2, 0) is 15.1 Å². The Kier molecular flexibility index (Phi) is 20.9. The summed E-state index contributed by atoms with van der Waals surface area (Å²) >= 11 is -0.346. The van der Waals surface area contributed by atoms with Crippen molar-refractivity contribution in [2.45, 2.75) is 20.8 Å². The van der Waals surface area contributed by atoms with Gasteiger partial charge < -0.3 is 0 Å².